The zero-order chi connectivity index (χ0) is 10.3. The largest absolute Gasteiger partial charge is 0.293 e. The second-order valence-electron chi connectivity index (χ2n) is 2.92. The summed E-state index contributed by atoms with van der Waals surface area (Å²) < 4.78 is 0. The molecule has 0 heterocycles. The lowest BCUT2D eigenvalue weighted by molar-refractivity contribution is 1.22. The van der Waals surface area contributed by atoms with Crippen LogP contribution in [0.2, 0.25) is 0 Å². The van der Waals surface area contributed by atoms with E-state index in [4.69, 9.17) is 0 Å². The fourth-order valence-corrected chi connectivity index (χ4v) is 1.00. The van der Waals surface area contributed by atoms with E-state index in [0.717, 1.165) is 12.1 Å². The number of rotatable bonds is 4. The first-order chi connectivity index (χ1) is 6.17. The molecule has 0 N–H and O–H groups in total. The van der Waals surface area contributed by atoms with Crippen LogP contribution in [0.25, 0.3) is 0 Å². The lowest BCUT2D eigenvalue weighted by atomic mass is 10.0. The SMILES string of the molecule is C=C/C(C)=C(/C=C\CC)C(C)=NC. The Bertz CT molecular complexity index is 254. The molecule has 0 aromatic heterocycles. The van der Waals surface area contributed by atoms with Crippen LogP contribution in [0, 0.1) is 0 Å². The van der Waals surface area contributed by atoms with Gasteiger partial charge in [-0.25, -0.2) is 0 Å². The van der Waals surface area contributed by atoms with Crippen LogP contribution < -0.4 is 0 Å². The molecule has 72 valence electrons. The number of hydrogen-bond acceptors (Lipinski definition) is 1. The third-order valence-corrected chi connectivity index (χ3v) is 1.98. The molecule has 13 heavy (non-hydrogen) atoms. The minimum absolute atomic E-state index is 1.05. The first-order valence-electron chi connectivity index (χ1n) is 4.61. The summed E-state index contributed by atoms with van der Waals surface area (Å²) in [5, 5.41) is 0. The van der Waals surface area contributed by atoms with Crippen LogP contribution in [0.5, 0.6) is 0 Å². The van der Waals surface area contributed by atoms with Gasteiger partial charge in [0.2, 0.25) is 0 Å². The van der Waals surface area contributed by atoms with Crippen molar-refractivity contribution in [2.45, 2.75) is 27.2 Å². The second-order valence-corrected chi connectivity index (χ2v) is 2.92. The summed E-state index contributed by atoms with van der Waals surface area (Å²) in [6.45, 7) is 9.95. The van der Waals surface area contributed by atoms with Gasteiger partial charge in [-0.2, -0.15) is 0 Å². The first kappa shape index (κ1) is 11.9. The molecule has 0 aliphatic carbocycles. The molecule has 0 aliphatic heterocycles. The van der Waals surface area contributed by atoms with Crippen LogP contribution >= 0.6 is 0 Å². The van der Waals surface area contributed by atoms with Crippen molar-refractivity contribution in [3.63, 3.8) is 0 Å². The number of aliphatic imine (C=N–C) groups is 1. The highest BCUT2D eigenvalue weighted by Crippen LogP contribution is 2.09. The maximum absolute atomic E-state index is 4.17. The van der Waals surface area contributed by atoms with Crippen molar-refractivity contribution in [1.29, 1.82) is 0 Å². The van der Waals surface area contributed by atoms with Gasteiger partial charge in [-0.05, 0) is 31.4 Å². The molecule has 0 aromatic carbocycles. The molecule has 0 aromatic rings. The first-order valence-corrected chi connectivity index (χ1v) is 4.61. The third-order valence-electron chi connectivity index (χ3n) is 1.98. The van der Waals surface area contributed by atoms with Gasteiger partial charge in [0, 0.05) is 12.8 Å². The molecule has 0 radical (unpaired) electrons. The van der Waals surface area contributed by atoms with Crippen molar-refractivity contribution in [2.75, 3.05) is 7.05 Å². The number of hydrogen-bond donors (Lipinski definition) is 0. The zero-order valence-corrected chi connectivity index (χ0v) is 9.09. The maximum Gasteiger partial charge on any atom is 0.0388 e. The van der Waals surface area contributed by atoms with Gasteiger partial charge in [-0.15, -0.1) is 0 Å². The van der Waals surface area contributed by atoms with Gasteiger partial charge in [-0.3, -0.25) is 4.99 Å². The summed E-state index contributed by atoms with van der Waals surface area (Å²) in [5.41, 5.74) is 3.41. The van der Waals surface area contributed by atoms with Gasteiger partial charge in [0.15, 0.2) is 0 Å². The maximum atomic E-state index is 4.17. The van der Waals surface area contributed by atoms with E-state index < -0.39 is 0 Å². The summed E-state index contributed by atoms with van der Waals surface area (Å²) >= 11 is 0. The zero-order valence-electron chi connectivity index (χ0n) is 9.09. The summed E-state index contributed by atoms with van der Waals surface area (Å²) in [6.07, 6.45) is 7.16. The summed E-state index contributed by atoms with van der Waals surface area (Å²) in [7, 11) is 1.81. The third kappa shape index (κ3) is 3.88. The topological polar surface area (TPSA) is 12.4 Å². The molecular formula is C12H19N. The molecule has 0 spiro atoms. The van der Waals surface area contributed by atoms with Crippen molar-refractivity contribution >= 4 is 5.71 Å². The standard InChI is InChI=1S/C12H19N/c1-6-8-9-12(10(3)7-2)11(4)13-5/h7-9H,2,6H2,1,3-5H3/b9-8-,12-10-,13-11?. The van der Waals surface area contributed by atoms with E-state index in [0.29, 0.717) is 0 Å². The Morgan fingerprint density at radius 3 is 2.38 bits per heavy atom. The lowest BCUT2D eigenvalue weighted by Crippen LogP contribution is -1.96. The highest BCUT2D eigenvalue weighted by molar-refractivity contribution is 6.01. The fourth-order valence-electron chi connectivity index (χ4n) is 1.00. The molecule has 0 saturated heterocycles. The van der Waals surface area contributed by atoms with Crippen LogP contribution in [0.3, 0.4) is 0 Å². The summed E-state index contributed by atoms with van der Waals surface area (Å²) in [6, 6.07) is 0. The number of nitrogens with zero attached hydrogens (tertiary/aromatic N) is 1. The Morgan fingerprint density at radius 1 is 1.38 bits per heavy atom. The molecular weight excluding hydrogens is 158 g/mol. The Balaban J connectivity index is 4.98. The molecule has 0 bridgehead atoms. The molecule has 0 atom stereocenters. The van der Waals surface area contributed by atoms with E-state index >= 15 is 0 Å². The van der Waals surface area contributed by atoms with E-state index in [1.54, 1.807) is 0 Å². The van der Waals surface area contributed by atoms with Gasteiger partial charge in [-0.1, -0.05) is 31.7 Å². The normalized spacial score (nSPS) is 14.6. The average molecular weight is 177 g/mol. The van der Waals surface area contributed by atoms with E-state index in [-0.39, 0.29) is 0 Å². The molecule has 0 amide bonds. The highest BCUT2D eigenvalue weighted by Gasteiger charge is 1.98. The molecule has 0 rings (SSSR count). The van der Waals surface area contributed by atoms with Gasteiger partial charge in [0.05, 0.1) is 0 Å². The Morgan fingerprint density at radius 2 is 2.00 bits per heavy atom. The average Bonchev–Trinajstić information content (AvgIpc) is 2.17. The van der Waals surface area contributed by atoms with E-state index in [1.165, 1.54) is 11.1 Å². The predicted octanol–water partition coefficient (Wildman–Crippen LogP) is 3.55. The van der Waals surface area contributed by atoms with Gasteiger partial charge in [0.25, 0.3) is 0 Å². The van der Waals surface area contributed by atoms with Crippen LogP contribution in [0.4, 0.5) is 0 Å². The van der Waals surface area contributed by atoms with Crippen LogP contribution in [-0.2, 0) is 0 Å². The van der Waals surface area contributed by atoms with Crippen LogP contribution in [0.1, 0.15) is 27.2 Å². The quantitative estimate of drug-likeness (QED) is 0.460. The fraction of sp³-hybridized carbons (Fsp3) is 0.417. The van der Waals surface area contributed by atoms with Crippen molar-refractivity contribution in [1.82, 2.24) is 0 Å². The molecule has 0 aliphatic rings. The van der Waals surface area contributed by atoms with Crippen molar-refractivity contribution in [3.8, 4) is 0 Å². The molecule has 0 fully saturated rings. The van der Waals surface area contributed by atoms with Crippen molar-refractivity contribution in [2.24, 2.45) is 4.99 Å². The Kier molecular flexibility index (Phi) is 5.86. The minimum atomic E-state index is 1.05. The Labute approximate surface area is 81.6 Å². The lowest BCUT2D eigenvalue weighted by Gasteiger charge is -2.03. The van der Waals surface area contributed by atoms with E-state index in [1.807, 2.05) is 20.0 Å². The molecule has 1 nitrogen and oxygen atoms in total. The number of allylic oxidation sites excluding steroid dienone is 5. The van der Waals surface area contributed by atoms with Gasteiger partial charge >= 0.3 is 0 Å². The van der Waals surface area contributed by atoms with Crippen LogP contribution in [-0.4, -0.2) is 12.8 Å². The second kappa shape index (κ2) is 6.41. The Hall–Kier alpha value is -1.11. The van der Waals surface area contributed by atoms with E-state index in [9.17, 15) is 0 Å². The van der Waals surface area contributed by atoms with Gasteiger partial charge in [0.1, 0.15) is 0 Å². The molecule has 0 unspecified atom stereocenters. The highest BCUT2D eigenvalue weighted by atomic mass is 14.7. The summed E-state index contributed by atoms with van der Waals surface area (Å²) in [4.78, 5) is 4.17. The minimum Gasteiger partial charge on any atom is -0.293 e. The molecule has 1 heteroatoms. The monoisotopic (exact) mass is 177 g/mol. The van der Waals surface area contributed by atoms with Crippen molar-refractivity contribution in [3.05, 3.63) is 36.0 Å². The predicted molar refractivity (Wildman–Crippen MR) is 61.4 cm³/mol. The molecule has 0 saturated carbocycles. The van der Waals surface area contributed by atoms with Crippen LogP contribution in [0.15, 0.2) is 40.9 Å². The van der Waals surface area contributed by atoms with Crippen molar-refractivity contribution < 1.29 is 0 Å². The van der Waals surface area contributed by atoms with E-state index in [2.05, 4.69) is 37.6 Å². The van der Waals surface area contributed by atoms with Gasteiger partial charge < -0.3 is 0 Å². The summed E-state index contributed by atoms with van der Waals surface area (Å²) in [5.74, 6) is 0. The smallest absolute Gasteiger partial charge is 0.0388 e.